The highest BCUT2D eigenvalue weighted by Gasteiger charge is 2.51. The second-order valence-corrected chi connectivity index (χ2v) is 6.81. The van der Waals surface area contributed by atoms with E-state index in [2.05, 4.69) is 5.32 Å². The monoisotopic (exact) mass is 323 g/mol. The lowest BCUT2D eigenvalue weighted by Crippen LogP contribution is -2.50. The number of carboxylic acid groups (broad SMARTS) is 1. The number of carboxylic acids is 1. The van der Waals surface area contributed by atoms with E-state index in [4.69, 9.17) is 4.74 Å². The molecule has 23 heavy (non-hydrogen) atoms. The van der Waals surface area contributed by atoms with Crippen molar-refractivity contribution in [3.05, 3.63) is 23.8 Å². The predicted molar refractivity (Wildman–Crippen MR) is 82.5 cm³/mol. The fourth-order valence-electron chi connectivity index (χ4n) is 2.63. The van der Waals surface area contributed by atoms with Crippen LogP contribution >= 0.6 is 0 Å². The van der Waals surface area contributed by atoms with Crippen molar-refractivity contribution in [2.75, 3.05) is 5.32 Å². The Morgan fingerprint density at radius 1 is 1.30 bits per heavy atom. The summed E-state index contributed by atoms with van der Waals surface area (Å²) < 4.78 is 5.09. The molecule has 2 rings (SSSR count). The number of carbonyl (C=O) groups is 2. The smallest absolute Gasteiger partial charge is 0.412 e. The average Bonchev–Trinajstić information content (AvgIpc) is 2.34. The summed E-state index contributed by atoms with van der Waals surface area (Å²) in [6.45, 7) is 5.15. The maximum Gasteiger partial charge on any atom is 0.412 e. The fraction of sp³-hybridized carbons (Fsp3) is 0.500. The van der Waals surface area contributed by atoms with Gasteiger partial charge in [0, 0.05) is 0 Å². The number of anilines is 1. The van der Waals surface area contributed by atoms with Gasteiger partial charge in [0.15, 0.2) is 0 Å². The number of aliphatic hydroxyl groups excluding tert-OH is 1. The summed E-state index contributed by atoms with van der Waals surface area (Å²) in [5.41, 5.74) is -1.35. The Hall–Kier alpha value is -2.28. The number of ether oxygens (including phenoxy) is 1. The van der Waals surface area contributed by atoms with Crippen LogP contribution in [0.1, 0.15) is 39.2 Å². The predicted octanol–water partition coefficient (Wildman–Crippen LogP) is 2.22. The molecule has 0 saturated heterocycles. The zero-order valence-electron chi connectivity index (χ0n) is 13.3. The number of hydrogen-bond acceptors (Lipinski definition) is 5. The van der Waals surface area contributed by atoms with Crippen molar-refractivity contribution in [1.29, 1.82) is 0 Å². The molecule has 7 nitrogen and oxygen atoms in total. The van der Waals surface area contributed by atoms with Crippen molar-refractivity contribution in [2.24, 2.45) is 0 Å². The number of aromatic hydroxyl groups is 1. The SMILES string of the molecule is CC(C)(C)OC(=O)Nc1ccc(C2(C(=O)O)CC(O)C2)cc1O. The molecule has 1 aliphatic rings. The third kappa shape index (κ3) is 3.56. The maximum absolute atomic E-state index is 11.7. The molecule has 1 aromatic carbocycles. The Bertz CT molecular complexity index is 628. The molecule has 0 radical (unpaired) electrons. The van der Waals surface area contributed by atoms with Crippen molar-refractivity contribution in [1.82, 2.24) is 0 Å². The molecule has 1 fully saturated rings. The molecule has 0 aromatic heterocycles. The summed E-state index contributed by atoms with van der Waals surface area (Å²) in [6, 6.07) is 4.24. The molecule has 1 aliphatic carbocycles. The summed E-state index contributed by atoms with van der Waals surface area (Å²) in [6.07, 6.45) is -1.18. The average molecular weight is 323 g/mol. The molecule has 0 bridgehead atoms. The largest absolute Gasteiger partial charge is 0.506 e. The number of phenols is 1. The van der Waals surface area contributed by atoms with Gasteiger partial charge >= 0.3 is 12.1 Å². The number of carbonyl (C=O) groups excluding carboxylic acids is 1. The van der Waals surface area contributed by atoms with E-state index in [1.54, 1.807) is 20.8 Å². The van der Waals surface area contributed by atoms with E-state index in [0.29, 0.717) is 5.56 Å². The molecular weight excluding hydrogens is 302 g/mol. The molecule has 7 heteroatoms. The van der Waals surface area contributed by atoms with E-state index in [-0.39, 0.29) is 24.3 Å². The third-order valence-corrected chi connectivity index (χ3v) is 3.76. The summed E-state index contributed by atoms with van der Waals surface area (Å²) in [5.74, 6) is -1.30. The second-order valence-electron chi connectivity index (χ2n) is 6.81. The van der Waals surface area contributed by atoms with Crippen LogP contribution in [-0.4, -0.2) is 39.1 Å². The van der Waals surface area contributed by atoms with Gasteiger partial charge in [0.05, 0.1) is 17.2 Å². The van der Waals surface area contributed by atoms with Crippen LogP contribution in [-0.2, 0) is 14.9 Å². The minimum atomic E-state index is -1.19. The first-order valence-corrected chi connectivity index (χ1v) is 7.28. The highest BCUT2D eigenvalue weighted by atomic mass is 16.6. The van der Waals surface area contributed by atoms with Gasteiger partial charge in [-0.2, -0.15) is 0 Å². The lowest BCUT2D eigenvalue weighted by atomic mass is 9.62. The first-order valence-electron chi connectivity index (χ1n) is 7.28. The van der Waals surface area contributed by atoms with Crippen molar-refractivity contribution >= 4 is 17.7 Å². The van der Waals surface area contributed by atoms with Crippen LogP contribution in [0.3, 0.4) is 0 Å². The number of hydrogen-bond donors (Lipinski definition) is 4. The van der Waals surface area contributed by atoms with Crippen molar-refractivity contribution in [3.8, 4) is 5.75 Å². The lowest BCUT2D eigenvalue weighted by Gasteiger charge is -2.42. The summed E-state index contributed by atoms with van der Waals surface area (Å²) in [5, 5.41) is 31.3. The molecule has 0 heterocycles. The van der Waals surface area contributed by atoms with Gasteiger partial charge in [-0.25, -0.2) is 4.79 Å². The molecule has 1 saturated carbocycles. The summed E-state index contributed by atoms with van der Waals surface area (Å²) >= 11 is 0. The number of phenolic OH excluding ortho intramolecular Hbond substituents is 1. The van der Waals surface area contributed by atoms with Crippen LogP contribution in [0.2, 0.25) is 0 Å². The molecule has 0 atom stereocenters. The third-order valence-electron chi connectivity index (χ3n) is 3.76. The number of nitrogens with one attached hydrogen (secondary N) is 1. The number of aliphatic carboxylic acids is 1. The zero-order valence-corrected chi connectivity index (χ0v) is 13.3. The van der Waals surface area contributed by atoms with Gasteiger partial charge < -0.3 is 20.1 Å². The van der Waals surface area contributed by atoms with Crippen LogP contribution in [0.25, 0.3) is 0 Å². The highest BCUT2D eigenvalue weighted by molar-refractivity contribution is 5.88. The maximum atomic E-state index is 11.7. The number of amides is 1. The Kier molecular flexibility index (Phi) is 4.26. The molecule has 4 N–H and O–H groups in total. The van der Waals surface area contributed by atoms with E-state index in [0.717, 1.165) is 0 Å². The van der Waals surface area contributed by atoms with E-state index < -0.39 is 29.2 Å². The van der Waals surface area contributed by atoms with Gasteiger partial charge in [-0.1, -0.05) is 6.07 Å². The zero-order chi connectivity index (χ0) is 17.4. The van der Waals surface area contributed by atoms with E-state index in [9.17, 15) is 24.9 Å². The molecular formula is C16H21NO6. The molecule has 1 amide bonds. The fourth-order valence-corrected chi connectivity index (χ4v) is 2.63. The van der Waals surface area contributed by atoms with Crippen LogP contribution in [0.15, 0.2) is 18.2 Å². The Morgan fingerprint density at radius 3 is 2.35 bits per heavy atom. The molecule has 1 aromatic rings. The minimum Gasteiger partial charge on any atom is -0.506 e. The van der Waals surface area contributed by atoms with Crippen molar-refractivity contribution in [3.63, 3.8) is 0 Å². The Morgan fingerprint density at radius 2 is 1.91 bits per heavy atom. The van der Waals surface area contributed by atoms with Gasteiger partial charge in [-0.15, -0.1) is 0 Å². The van der Waals surface area contributed by atoms with Crippen LogP contribution in [0, 0.1) is 0 Å². The highest BCUT2D eigenvalue weighted by Crippen LogP contribution is 2.45. The minimum absolute atomic E-state index is 0.0978. The Labute approximate surface area is 133 Å². The lowest BCUT2D eigenvalue weighted by molar-refractivity contribution is -0.152. The second kappa shape index (κ2) is 5.73. The topological polar surface area (TPSA) is 116 Å². The first kappa shape index (κ1) is 17.1. The van der Waals surface area contributed by atoms with Gasteiger partial charge in [0.2, 0.25) is 0 Å². The van der Waals surface area contributed by atoms with Gasteiger partial charge in [-0.05, 0) is 51.3 Å². The quantitative estimate of drug-likeness (QED) is 0.634. The first-order chi connectivity index (χ1) is 10.5. The molecule has 126 valence electrons. The van der Waals surface area contributed by atoms with Gasteiger partial charge in [0.1, 0.15) is 11.4 Å². The van der Waals surface area contributed by atoms with E-state index in [1.807, 2.05) is 0 Å². The van der Waals surface area contributed by atoms with Crippen LogP contribution in [0.5, 0.6) is 5.75 Å². The van der Waals surface area contributed by atoms with Crippen molar-refractivity contribution in [2.45, 2.75) is 50.7 Å². The van der Waals surface area contributed by atoms with Crippen LogP contribution in [0.4, 0.5) is 10.5 Å². The van der Waals surface area contributed by atoms with E-state index >= 15 is 0 Å². The van der Waals surface area contributed by atoms with Gasteiger partial charge in [0.25, 0.3) is 0 Å². The Balaban J connectivity index is 2.18. The molecule has 0 spiro atoms. The molecule has 0 unspecified atom stereocenters. The number of aliphatic hydroxyl groups is 1. The van der Waals surface area contributed by atoms with Crippen molar-refractivity contribution < 1.29 is 29.6 Å². The van der Waals surface area contributed by atoms with Crippen LogP contribution < -0.4 is 5.32 Å². The number of benzene rings is 1. The summed E-state index contributed by atoms with van der Waals surface area (Å²) in [4.78, 5) is 23.2. The summed E-state index contributed by atoms with van der Waals surface area (Å²) in [7, 11) is 0. The number of rotatable bonds is 3. The van der Waals surface area contributed by atoms with Gasteiger partial charge in [-0.3, -0.25) is 10.1 Å². The van der Waals surface area contributed by atoms with E-state index in [1.165, 1.54) is 18.2 Å². The standard InChI is InChI=1S/C16H21NO6/c1-15(2,3)23-14(22)17-11-5-4-9(6-12(11)19)16(13(20)21)7-10(18)8-16/h4-6,10,18-19H,7-8H2,1-3H3,(H,17,22)(H,20,21). The molecule has 0 aliphatic heterocycles. The normalized spacial score (nSPS) is 23.7.